The number of ketones is 1. The lowest BCUT2D eigenvalue weighted by Crippen LogP contribution is -2.32. The van der Waals surface area contributed by atoms with Gasteiger partial charge in [-0.3, -0.25) is 4.79 Å². The SMILES string of the molecule is CN[C@H](CCC[N+]([O-])=NO)C(C)=O. The van der Waals surface area contributed by atoms with Gasteiger partial charge < -0.3 is 15.7 Å². The molecule has 2 N–H and O–H groups in total. The van der Waals surface area contributed by atoms with E-state index in [2.05, 4.69) is 10.6 Å². The average molecular weight is 189 g/mol. The van der Waals surface area contributed by atoms with Crippen molar-refractivity contribution in [1.29, 1.82) is 0 Å². The molecule has 0 fully saturated rings. The van der Waals surface area contributed by atoms with Gasteiger partial charge >= 0.3 is 0 Å². The van der Waals surface area contributed by atoms with E-state index in [0.29, 0.717) is 12.8 Å². The van der Waals surface area contributed by atoms with Gasteiger partial charge in [0.05, 0.1) is 6.04 Å². The topological polar surface area (TPSA) is 87.8 Å². The smallest absolute Gasteiger partial charge is 0.197 e. The molecule has 0 saturated carbocycles. The molecule has 0 aliphatic carbocycles. The maximum Gasteiger partial charge on any atom is 0.197 e. The van der Waals surface area contributed by atoms with Crippen molar-refractivity contribution in [3.8, 4) is 0 Å². The van der Waals surface area contributed by atoms with Crippen LogP contribution in [0.2, 0.25) is 0 Å². The average Bonchev–Trinajstić information content (AvgIpc) is 2.11. The summed E-state index contributed by atoms with van der Waals surface area (Å²) < 4.78 is 0. The molecule has 76 valence electrons. The Balaban J connectivity index is 3.67. The van der Waals surface area contributed by atoms with E-state index in [1.165, 1.54) is 6.92 Å². The number of nitrogens with zero attached hydrogens (tertiary/aromatic N) is 2. The van der Waals surface area contributed by atoms with Crippen LogP contribution in [0.4, 0.5) is 0 Å². The number of hydrogen-bond acceptors (Lipinski definition) is 4. The first-order chi connectivity index (χ1) is 6.11. The van der Waals surface area contributed by atoms with Gasteiger partial charge in [-0.25, -0.2) is 0 Å². The standard InChI is InChI=1S/C7H15N3O3/c1-6(11)7(8-2)4-3-5-10(13)9-12/h7-8,12H,3-5H2,1-2H3/t7-/m1/s1. The molecule has 0 aliphatic rings. The van der Waals surface area contributed by atoms with E-state index in [0.717, 1.165) is 0 Å². The Morgan fingerprint density at radius 1 is 1.77 bits per heavy atom. The van der Waals surface area contributed by atoms with Gasteiger partial charge in [0.1, 0.15) is 5.78 Å². The summed E-state index contributed by atoms with van der Waals surface area (Å²) in [4.78, 5) is 11.1. The highest BCUT2D eigenvalue weighted by Gasteiger charge is 2.11. The van der Waals surface area contributed by atoms with Crippen LogP contribution < -0.4 is 5.32 Å². The summed E-state index contributed by atoms with van der Waals surface area (Å²) in [5.74, 6) is 0.0425. The Hall–Kier alpha value is -1.17. The number of rotatable bonds is 6. The zero-order valence-corrected chi connectivity index (χ0v) is 7.86. The minimum Gasteiger partial charge on any atom is -0.597 e. The minimum atomic E-state index is -0.216. The van der Waals surface area contributed by atoms with Gasteiger partial charge in [0.2, 0.25) is 0 Å². The third kappa shape index (κ3) is 5.13. The summed E-state index contributed by atoms with van der Waals surface area (Å²) in [7, 11) is 1.69. The second kappa shape index (κ2) is 6.36. The molecule has 0 rings (SSSR count). The summed E-state index contributed by atoms with van der Waals surface area (Å²) in [6.45, 7) is 1.59. The van der Waals surface area contributed by atoms with Gasteiger partial charge in [-0.05, 0) is 20.4 Å². The van der Waals surface area contributed by atoms with Crippen LogP contribution in [0.5, 0.6) is 0 Å². The number of likely N-dealkylation sites (N-methyl/N-ethyl adjacent to an activating group) is 1. The number of hydrogen-bond donors (Lipinski definition) is 2. The van der Waals surface area contributed by atoms with E-state index >= 15 is 0 Å². The summed E-state index contributed by atoms with van der Waals surface area (Å²) in [5, 5.41) is 23.7. The summed E-state index contributed by atoms with van der Waals surface area (Å²) >= 11 is 0. The minimum absolute atomic E-state index is 0.0425. The molecule has 0 heterocycles. The molecule has 6 heteroatoms. The van der Waals surface area contributed by atoms with Crippen LogP contribution in [0.15, 0.2) is 5.28 Å². The molecule has 6 nitrogen and oxygen atoms in total. The second-order valence-corrected chi connectivity index (χ2v) is 2.76. The lowest BCUT2D eigenvalue weighted by molar-refractivity contribution is -0.556. The van der Waals surface area contributed by atoms with Crippen molar-refractivity contribution < 1.29 is 14.9 Å². The molecule has 0 aliphatic heterocycles. The Morgan fingerprint density at radius 2 is 2.38 bits per heavy atom. The molecular weight excluding hydrogens is 174 g/mol. The molecule has 0 radical (unpaired) electrons. The molecule has 0 aromatic rings. The lowest BCUT2D eigenvalue weighted by atomic mass is 10.1. The van der Waals surface area contributed by atoms with Gasteiger partial charge in [0, 0.05) is 6.42 Å². The highest BCUT2D eigenvalue weighted by Crippen LogP contribution is 1.98. The number of nitrogens with one attached hydrogen (secondary N) is 1. The molecule has 0 bridgehead atoms. The van der Waals surface area contributed by atoms with E-state index in [-0.39, 0.29) is 23.2 Å². The van der Waals surface area contributed by atoms with Gasteiger partial charge in [0.15, 0.2) is 11.8 Å². The molecule has 0 spiro atoms. The first-order valence-electron chi connectivity index (χ1n) is 4.09. The zero-order valence-electron chi connectivity index (χ0n) is 7.86. The molecule has 1 atom stereocenters. The van der Waals surface area contributed by atoms with Crippen LogP contribution in [0.25, 0.3) is 0 Å². The molecule has 13 heavy (non-hydrogen) atoms. The third-order valence-corrected chi connectivity index (χ3v) is 1.78. The van der Waals surface area contributed by atoms with E-state index in [1.807, 2.05) is 0 Å². The molecule has 0 aromatic carbocycles. The fourth-order valence-corrected chi connectivity index (χ4v) is 1.03. The van der Waals surface area contributed by atoms with Crippen molar-refractivity contribution in [3.05, 3.63) is 5.21 Å². The summed E-state index contributed by atoms with van der Waals surface area (Å²) in [5.41, 5.74) is 0. The van der Waals surface area contributed by atoms with Crippen molar-refractivity contribution in [2.75, 3.05) is 13.6 Å². The Bertz CT molecular complexity index is 193. The predicted octanol–water partition coefficient (Wildman–Crippen LogP) is 0.295. The zero-order chi connectivity index (χ0) is 10.3. The monoisotopic (exact) mass is 189 g/mol. The first-order valence-corrected chi connectivity index (χ1v) is 4.09. The fourth-order valence-electron chi connectivity index (χ4n) is 1.03. The Morgan fingerprint density at radius 3 is 2.77 bits per heavy atom. The van der Waals surface area contributed by atoms with E-state index < -0.39 is 0 Å². The number of hydroxylamine groups is 1. The van der Waals surface area contributed by atoms with Crippen LogP contribution >= 0.6 is 0 Å². The van der Waals surface area contributed by atoms with Crippen LogP contribution in [0, 0.1) is 5.21 Å². The maximum atomic E-state index is 10.9. The number of Topliss-reactive ketones (excluding diaryl/α,β-unsaturated/α-hetero) is 1. The molecule has 0 saturated heterocycles. The van der Waals surface area contributed by atoms with Crippen LogP contribution in [0.3, 0.4) is 0 Å². The van der Waals surface area contributed by atoms with E-state index in [1.54, 1.807) is 7.05 Å². The van der Waals surface area contributed by atoms with Crippen LogP contribution in [-0.2, 0) is 4.79 Å². The van der Waals surface area contributed by atoms with Gasteiger partial charge in [-0.1, -0.05) is 4.86 Å². The lowest BCUT2D eigenvalue weighted by Gasteiger charge is -2.10. The Labute approximate surface area is 76.8 Å². The molecule has 0 amide bonds. The van der Waals surface area contributed by atoms with E-state index in [9.17, 15) is 10.0 Å². The van der Waals surface area contributed by atoms with E-state index in [4.69, 9.17) is 5.21 Å². The molecular formula is C7H15N3O3. The highest BCUT2D eigenvalue weighted by atomic mass is 16.6. The van der Waals surface area contributed by atoms with Crippen molar-refractivity contribution in [3.63, 3.8) is 0 Å². The van der Waals surface area contributed by atoms with Crippen molar-refractivity contribution in [2.45, 2.75) is 25.8 Å². The van der Waals surface area contributed by atoms with Gasteiger partial charge in [-0.15, -0.1) is 0 Å². The predicted molar refractivity (Wildman–Crippen MR) is 45.5 cm³/mol. The second-order valence-electron chi connectivity index (χ2n) is 2.76. The summed E-state index contributed by atoms with van der Waals surface area (Å²) in [6, 6.07) is -0.216. The van der Waals surface area contributed by atoms with Gasteiger partial charge in [0.25, 0.3) is 0 Å². The largest absolute Gasteiger partial charge is 0.597 e. The third-order valence-electron chi connectivity index (χ3n) is 1.78. The van der Waals surface area contributed by atoms with Crippen LogP contribution in [0.1, 0.15) is 19.8 Å². The van der Waals surface area contributed by atoms with Crippen molar-refractivity contribution >= 4 is 5.78 Å². The van der Waals surface area contributed by atoms with Crippen LogP contribution in [-0.4, -0.2) is 35.5 Å². The number of carbonyl (C=O) groups excluding carboxylic acids is 1. The normalized spacial score (nSPS) is 14.2. The summed E-state index contributed by atoms with van der Waals surface area (Å²) in [6.07, 6.45) is 1.08. The van der Waals surface area contributed by atoms with Crippen molar-refractivity contribution in [1.82, 2.24) is 5.32 Å². The fraction of sp³-hybridized carbons (Fsp3) is 0.857. The molecule has 0 unspecified atom stereocenters. The quantitative estimate of drug-likeness (QED) is 0.357. The van der Waals surface area contributed by atoms with Gasteiger partial charge in [-0.2, -0.15) is 0 Å². The first kappa shape index (κ1) is 11.8. The molecule has 0 aromatic heterocycles. The number of carbonyl (C=O) groups is 1. The maximum absolute atomic E-state index is 10.9. The highest BCUT2D eigenvalue weighted by molar-refractivity contribution is 5.81. The van der Waals surface area contributed by atoms with Crippen molar-refractivity contribution in [2.24, 2.45) is 5.28 Å². The Kier molecular flexibility index (Phi) is 5.79.